The van der Waals surface area contributed by atoms with Gasteiger partial charge in [-0.25, -0.2) is 8.42 Å². The van der Waals surface area contributed by atoms with Crippen molar-refractivity contribution in [1.29, 1.82) is 0 Å². The summed E-state index contributed by atoms with van der Waals surface area (Å²) >= 11 is 0. The molecule has 22 heavy (non-hydrogen) atoms. The van der Waals surface area contributed by atoms with Crippen LogP contribution in [0.5, 0.6) is 0 Å². The minimum absolute atomic E-state index is 0.0757. The largest absolute Gasteiger partial charge is 0.340 e. The number of carbonyl (C=O) groups is 1. The van der Waals surface area contributed by atoms with Crippen LogP contribution >= 0.6 is 0 Å². The molecular weight excluding hydrogens is 300 g/mol. The molecule has 2 aliphatic heterocycles. The zero-order chi connectivity index (χ0) is 16.4. The summed E-state index contributed by atoms with van der Waals surface area (Å²) in [6, 6.07) is 0. The fourth-order valence-electron chi connectivity index (χ4n) is 3.80. The molecule has 2 fully saturated rings. The van der Waals surface area contributed by atoms with Crippen molar-refractivity contribution < 1.29 is 13.2 Å². The van der Waals surface area contributed by atoms with E-state index in [2.05, 4.69) is 18.7 Å². The molecule has 1 unspecified atom stereocenters. The van der Waals surface area contributed by atoms with Gasteiger partial charge in [0.15, 0.2) is 0 Å². The van der Waals surface area contributed by atoms with E-state index in [0.717, 1.165) is 39.0 Å². The summed E-state index contributed by atoms with van der Waals surface area (Å²) < 4.78 is 22.5. The molecule has 5 nitrogen and oxygen atoms in total. The first-order valence-corrected chi connectivity index (χ1v) is 10.5. The maximum Gasteiger partial charge on any atom is 0.231 e. The van der Waals surface area contributed by atoms with E-state index in [1.54, 1.807) is 4.90 Å². The molecule has 0 aromatic carbocycles. The predicted molar refractivity (Wildman–Crippen MR) is 88.5 cm³/mol. The molecule has 1 atom stereocenters. The SMILES string of the molecule is CCC(CC)CN1CCCC2(C1)CN(CCS(C)(=O)=O)C2=O. The lowest BCUT2D eigenvalue weighted by Crippen LogP contribution is -2.67. The van der Waals surface area contributed by atoms with Crippen LogP contribution in [0.4, 0.5) is 0 Å². The van der Waals surface area contributed by atoms with Gasteiger partial charge >= 0.3 is 0 Å². The topological polar surface area (TPSA) is 57.7 Å². The van der Waals surface area contributed by atoms with Crippen LogP contribution in [0.1, 0.15) is 39.5 Å². The molecule has 1 amide bonds. The van der Waals surface area contributed by atoms with E-state index in [1.807, 2.05) is 0 Å². The van der Waals surface area contributed by atoms with Crippen LogP contribution in [0.3, 0.4) is 0 Å². The predicted octanol–water partition coefficient (Wildman–Crippen LogP) is 1.39. The number of carbonyl (C=O) groups excluding carboxylic acids is 1. The van der Waals surface area contributed by atoms with Crippen molar-refractivity contribution in [1.82, 2.24) is 9.80 Å². The van der Waals surface area contributed by atoms with E-state index in [4.69, 9.17) is 0 Å². The number of amides is 1. The van der Waals surface area contributed by atoms with Gasteiger partial charge in [-0.15, -0.1) is 0 Å². The smallest absolute Gasteiger partial charge is 0.231 e. The normalized spacial score (nSPS) is 26.7. The summed E-state index contributed by atoms with van der Waals surface area (Å²) in [5.41, 5.74) is -0.220. The summed E-state index contributed by atoms with van der Waals surface area (Å²) in [5, 5.41) is 0. The van der Waals surface area contributed by atoms with Gasteiger partial charge in [0.1, 0.15) is 9.84 Å². The Bertz CT molecular complexity index is 502. The Morgan fingerprint density at radius 2 is 1.91 bits per heavy atom. The van der Waals surface area contributed by atoms with Crippen LogP contribution in [-0.2, 0) is 14.6 Å². The molecule has 0 aromatic heterocycles. The van der Waals surface area contributed by atoms with E-state index in [0.29, 0.717) is 12.5 Å². The highest BCUT2D eigenvalue weighted by Gasteiger charge is 2.53. The first kappa shape index (κ1) is 17.7. The second-order valence-electron chi connectivity index (χ2n) is 7.16. The lowest BCUT2D eigenvalue weighted by atomic mass is 9.72. The van der Waals surface area contributed by atoms with Gasteiger partial charge in [-0.2, -0.15) is 0 Å². The highest BCUT2D eigenvalue weighted by molar-refractivity contribution is 7.90. The Morgan fingerprint density at radius 3 is 2.45 bits per heavy atom. The molecule has 6 heteroatoms. The summed E-state index contributed by atoms with van der Waals surface area (Å²) in [6.07, 6.45) is 5.64. The number of hydrogen-bond acceptors (Lipinski definition) is 4. The summed E-state index contributed by atoms with van der Waals surface area (Å²) in [6.45, 7) is 8.59. The van der Waals surface area contributed by atoms with Crippen molar-refractivity contribution in [2.24, 2.45) is 11.3 Å². The van der Waals surface area contributed by atoms with E-state index in [-0.39, 0.29) is 17.1 Å². The lowest BCUT2D eigenvalue weighted by Gasteiger charge is -2.53. The Hall–Kier alpha value is -0.620. The molecule has 0 aliphatic carbocycles. The maximum atomic E-state index is 12.5. The van der Waals surface area contributed by atoms with Gasteiger partial charge in [0, 0.05) is 32.4 Å². The Morgan fingerprint density at radius 1 is 1.23 bits per heavy atom. The number of piperidine rings is 1. The molecule has 2 rings (SSSR count). The monoisotopic (exact) mass is 330 g/mol. The van der Waals surface area contributed by atoms with Crippen molar-refractivity contribution in [3.63, 3.8) is 0 Å². The van der Waals surface area contributed by atoms with Gasteiger partial charge in [-0.05, 0) is 25.3 Å². The molecule has 2 saturated heterocycles. The standard InChI is InChI=1S/C16H30N2O3S/c1-4-14(5-2)11-17-8-6-7-16(12-17)13-18(15(16)19)9-10-22(3,20)21/h14H,4-13H2,1-3H3. The van der Waals surface area contributed by atoms with Crippen LogP contribution in [0.2, 0.25) is 0 Å². The number of nitrogens with zero attached hydrogens (tertiary/aromatic N) is 2. The van der Waals surface area contributed by atoms with Crippen molar-refractivity contribution in [3.05, 3.63) is 0 Å². The third kappa shape index (κ3) is 4.02. The maximum absolute atomic E-state index is 12.5. The molecule has 2 aliphatic rings. The second-order valence-corrected chi connectivity index (χ2v) is 9.42. The zero-order valence-electron chi connectivity index (χ0n) is 14.2. The van der Waals surface area contributed by atoms with E-state index in [9.17, 15) is 13.2 Å². The van der Waals surface area contributed by atoms with Gasteiger partial charge < -0.3 is 9.80 Å². The quantitative estimate of drug-likeness (QED) is 0.662. The molecule has 0 bridgehead atoms. The molecule has 2 heterocycles. The Labute approximate surface area is 135 Å². The highest BCUT2D eigenvalue weighted by atomic mass is 32.2. The molecule has 0 saturated carbocycles. The second kappa shape index (κ2) is 6.87. The van der Waals surface area contributed by atoms with E-state index in [1.165, 1.54) is 19.1 Å². The van der Waals surface area contributed by atoms with Crippen LogP contribution < -0.4 is 0 Å². The first-order chi connectivity index (χ1) is 10.3. The minimum atomic E-state index is -3.00. The molecular formula is C16H30N2O3S. The number of rotatable bonds is 7. The molecule has 0 radical (unpaired) electrons. The third-order valence-electron chi connectivity index (χ3n) is 5.29. The highest BCUT2D eigenvalue weighted by Crippen LogP contribution is 2.40. The zero-order valence-corrected chi connectivity index (χ0v) is 15.0. The van der Waals surface area contributed by atoms with Gasteiger partial charge in [0.25, 0.3) is 0 Å². The molecule has 1 spiro atoms. The Kier molecular flexibility index (Phi) is 5.54. The number of β-lactam (4-membered cyclic amide) rings is 1. The van der Waals surface area contributed by atoms with Gasteiger partial charge in [-0.1, -0.05) is 26.7 Å². The first-order valence-electron chi connectivity index (χ1n) is 8.49. The minimum Gasteiger partial charge on any atom is -0.340 e. The van der Waals surface area contributed by atoms with Crippen molar-refractivity contribution in [2.75, 3.05) is 44.7 Å². The average molecular weight is 330 g/mol. The molecule has 0 N–H and O–H groups in total. The van der Waals surface area contributed by atoms with Crippen molar-refractivity contribution >= 4 is 15.7 Å². The fraction of sp³-hybridized carbons (Fsp3) is 0.938. The number of hydrogen-bond donors (Lipinski definition) is 0. The number of sulfone groups is 1. The summed E-state index contributed by atoms with van der Waals surface area (Å²) in [7, 11) is -3.00. The van der Waals surface area contributed by atoms with Crippen LogP contribution in [-0.4, -0.2) is 68.9 Å². The van der Waals surface area contributed by atoms with E-state index < -0.39 is 9.84 Å². The molecule has 0 aromatic rings. The van der Waals surface area contributed by atoms with Crippen molar-refractivity contribution in [3.8, 4) is 0 Å². The van der Waals surface area contributed by atoms with Crippen LogP contribution in [0, 0.1) is 11.3 Å². The number of likely N-dealkylation sites (tertiary alicyclic amines) is 2. The van der Waals surface area contributed by atoms with Crippen molar-refractivity contribution in [2.45, 2.75) is 39.5 Å². The van der Waals surface area contributed by atoms with Crippen LogP contribution in [0.15, 0.2) is 0 Å². The molecule has 128 valence electrons. The fourth-order valence-corrected chi connectivity index (χ4v) is 4.36. The summed E-state index contributed by atoms with van der Waals surface area (Å²) in [5.74, 6) is 0.962. The average Bonchev–Trinajstić information content (AvgIpc) is 2.48. The van der Waals surface area contributed by atoms with E-state index >= 15 is 0 Å². The van der Waals surface area contributed by atoms with Gasteiger partial charge in [0.05, 0.1) is 11.2 Å². The van der Waals surface area contributed by atoms with Gasteiger partial charge in [0.2, 0.25) is 5.91 Å². The van der Waals surface area contributed by atoms with Crippen LogP contribution in [0.25, 0.3) is 0 Å². The summed E-state index contributed by atoms with van der Waals surface area (Å²) in [4.78, 5) is 16.7. The Balaban J connectivity index is 1.88. The lowest BCUT2D eigenvalue weighted by molar-refractivity contribution is -0.165. The van der Waals surface area contributed by atoms with Gasteiger partial charge in [-0.3, -0.25) is 4.79 Å². The third-order valence-corrected chi connectivity index (χ3v) is 6.22.